The van der Waals surface area contributed by atoms with Crippen molar-refractivity contribution in [2.75, 3.05) is 10.6 Å². The maximum atomic E-state index is 13.2. The molecule has 0 saturated heterocycles. The van der Waals surface area contributed by atoms with Gasteiger partial charge < -0.3 is 10.6 Å². The van der Waals surface area contributed by atoms with Crippen molar-refractivity contribution >= 4 is 23.1 Å². The van der Waals surface area contributed by atoms with Gasteiger partial charge in [0.05, 0.1) is 0 Å². The molecule has 2 N–H and O–H groups in total. The number of carbonyl (C=O) groups is 1. The van der Waals surface area contributed by atoms with Crippen LogP contribution in [0.5, 0.6) is 0 Å². The predicted molar refractivity (Wildman–Crippen MR) is 95.6 cm³/mol. The third-order valence-corrected chi connectivity index (χ3v) is 3.71. The average molecular weight is 336 g/mol. The van der Waals surface area contributed by atoms with Gasteiger partial charge in [-0.3, -0.25) is 4.79 Å². The zero-order valence-corrected chi connectivity index (χ0v) is 13.9. The molecule has 25 heavy (non-hydrogen) atoms. The van der Waals surface area contributed by atoms with Crippen molar-refractivity contribution in [1.82, 2.24) is 10.2 Å². The van der Waals surface area contributed by atoms with Gasteiger partial charge in [0.1, 0.15) is 5.82 Å². The Morgan fingerprint density at radius 2 is 1.68 bits per heavy atom. The minimum Gasteiger partial charge on any atom is -0.338 e. The number of hydrogen-bond donors (Lipinski definition) is 2. The molecule has 0 bridgehead atoms. The number of benzene rings is 2. The smallest absolute Gasteiger partial charge is 0.276 e. The zero-order valence-electron chi connectivity index (χ0n) is 13.9. The van der Waals surface area contributed by atoms with Crippen molar-refractivity contribution < 1.29 is 9.18 Å². The third-order valence-electron chi connectivity index (χ3n) is 3.71. The van der Waals surface area contributed by atoms with E-state index in [1.807, 2.05) is 32.0 Å². The van der Waals surface area contributed by atoms with Crippen LogP contribution in [-0.4, -0.2) is 16.1 Å². The molecule has 0 fully saturated rings. The molecule has 1 heterocycles. The maximum absolute atomic E-state index is 13.2. The van der Waals surface area contributed by atoms with Gasteiger partial charge >= 0.3 is 0 Å². The molecule has 0 aliphatic heterocycles. The molecule has 0 unspecified atom stereocenters. The van der Waals surface area contributed by atoms with Gasteiger partial charge in [0.25, 0.3) is 5.91 Å². The van der Waals surface area contributed by atoms with Crippen molar-refractivity contribution in [1.29, 1.82) is 0 Å². The second-order valence-electron chi connectivity index (χ2n) is 5.66. The summed E-state index contributed by atoms with van der Waals surface area (Å²) < 4.78 is 13.2. The molecule has 3 aromatic rings. The van der Waals surface area contributed by atoms with E-state index < -0.39 is 11.7 Å². The van der Waals surface area contributed by atoms with E-state index in [0.29, 0.717) is 11.5 Å². The average Bonchev–Trinajstić information content (AvgIpc) is 2.59. The van der Waals surface area contributed by atoms with Crippen LogP contribution in [0.15, 0.2) is 54.6 Å². The molecule has 0 spiro atoms. The fraction of sp³-hybridized carbons (Fsp3) is 0.105. The van der Waals surface area contributed by atoms with Crippen LogP contribution in [0, 0.1) is 19.7 Å². The second kappa shape index (κ2) is 7.09. The molecular weight excluding hydrogens is 319 g/mol. The fourth-order valence-corrected chi connectivity index (χ4v) is 2.42. The van der Waals surface area contributed by atoms with Gasteiger partial charge in [0.2, 0.25) is 0 Å². The monoisotopic (exact) mass is 336 g/mol. The van der Waals surface area contributed by atoms with E-state index in [2.05, 4.69) is 20.8 Å². The number of hydrogen-bond acceptors (Lipinski definition) is 4. The second-order valence-corrected chi connectivity index (χ2v) is 5.66. The standard InChI is InChI=1S/C19H17FN4O/c1-12-5-3-6-13(2)18(12)22-17-10-9-16(23-24-17)19(25)21-15-8-4-7-14(20)11-15/h3-11H,1-2H3,(H,21,25)(H,22,24). The van der Waals surface area contributed by atoms with Gasteiger partial charge in [-0.25, -0.2) is 4.39 Å². The molecule has 6 heteroatoms. The molecule has 1 aromatic heterocycles. The first kappa shape index (κ1) is 16.6. The van der Waals surface area contributed by atoms with Gasteiger partial charge in [-0.15, -0.1) is 10.2 Å². The van der Waals surface area contributed by atoms with Crippen molar-refractivity contribution in [2.24, 2.45) is 0 Å². The maximum Gasteiger partial charge on any atom is 0.276 e. The van der Waals surface area contributed by atoms with Gasteiger partial charge in [0.15, 0.2) is 11.5 Å². The Kier molecular flexibility index (Phi) is 4.70. The fourth-order valence-electron chi connectivity index (χ4n) is 2.42. The minimum atomic E-state index is -0.447. The Labute approximate surface area is 144 Å². The molecule has 3 rings (SSSR count). The van der Waals surface area contributed by atoms with Crippen LogP contribution in [0.25, 0.3) is 0 Å². The predicted octanol–water partition coefficient (Wildman–Crippen LogP) is 4.23. The lowest BCUT2D eigenvalue weighted by Gasteiger charge is -2.11. The van der Waals surface area contributed by atoms with E-state index in [4.69, 9.17) is 0 Å². The van der Waals surface area contributed by atoms with Crippen molar-refractivity contribution in [3.8, 4) is 0 Å². The number of aromatic nitrogens is 2. The number of para-hydroxylation sites is 1. The Morgan fingerprint density at radius 3 is 2.32 bits per heavy atom. The van der Waals surface area contributed by atoms with Crippen molar-refractivity contribution in [3.05, 3.63) is 77.2 Å². The minimum absolute atomic E-state index is 0.149. The number of carbonyl (C=O) groups excluding carboxylic acids is 1. The third kappa shape index (κ3) is 3.98. The van der Waals surface area contributed by atoms with Crippen LogP contribution in [0.3, 0.4) is 0 Å². The highest BCUT2D eigenvalue weighted by molar-refractivity contribution is 6.02. The topological polar surface area (TPSA) is 66.9 Å². The lowest BCUT2D eigenvalue weighted by molar-refractivity contribution is 0.102. The Balaban J connectivity index is 1.72. The van der Waals surface area contributed by atoms with E-state index >= 15 is 0 Å². The molecule has 5 nitrogen and oxygen atoms in total. The summed E-state index contributed by atoms with van der Waals surface area (Å²) in [5, 5.41) is 13.8. The van der Waals surface area contributed by atoms with Crippen LogP contribution >= 0.6 is 0 Å². The molecule has 0 radical (unpaired) electrons. The van der Waals surface area contributed by atoms with Gasteiger partial charge in [0, 0.05) is 11.4 Å². The van der Waals surface area contributed by atoms with Crippen molar-refractivity contribution in [3.63, 3.8) is 0 Å². The molecule has 0 saturated carbocycles. The molecule has 0 atom stereocenters. The SMILES string of the molecule is Cc1cccc(C)c1Nc1ccc(C(=O)Nc2cccc(F)c2)nn1. The zero-order chi connectivity index (χ0) is 17.8. The van der Waals surface area contributed by atoms with Crippen LogP contribution in [0.2, 0.25) is 0 Å². The Hall–Kier alpha value is -3.28. The van der Waals surface area contributed by atoms with Crippen LogP contribution in [0.1, 0.15) is 21.6 Å². The molecule has 1 amide bonds. The molecule has 126 valence electrons. The van der Waals surface area contributed by atoms with E-state index in [-0.39, 0.29) is 5.69 Å². The first-order chi connectivity index (χ1) is 12.0. The molecule has 0 aliphatic carbocycles. The summed E-state index contributed by atoms with van der Waals surface area (Å²) in [6, 6.07) is 14.9. The van der Waals surface area contributed by atoms with Crippen LogP contribution < -0.4 is 10.6 Å². The van der Waals surface area contributed by atoms with E-state index in [1.165, 1.54) is 18.2 Å². The van der Waals surface area contributed by atoms with Gasteiger partial charge in [-0.05, 0) is 55.3 Å². The number of nitrogens with one attached hydrogen (secondary N) is 2. The van der Waals surface area contributed by atoms with E-state index in [0.717, 1.165) is 16.8 Å². The summed E-state index contributed by atoms with van der Waals surface area (Å²) in [7, 11) is 0. The molecule has 0 aliphatic rings. The summed E-state index contributed by atoms with van der Waals surface area (Å²) in [5.41, 5.74) is 3.67. The Morgan fingerprint density at radius 1 is 0.960 bits per heavy atom. The number of aryl methyl sites for hydroxylation is 2. The van der Waals surface area contributed by atoms with Crippen LogP contribution in [0.4, 0.5) is 21.6 Å². The number of halogens is 1. The number of rotatable bonds is 4. The summed E-state index contributed by atoms with van der Waals surface area (Å²) in [6.07, 6.45) is 0. The lowest BCUT2D eigenvalue weighted by atomic mass is 10.1. The van der Waals surface area contributed by atoms with E-state index in [1.54, 1.807) is 18.2 Å². The highest BCUT2D eigenvalue weighted by Gasteiger charge is 2.10. The van der Waals surface area contributed by atoms with Crippen molar-refractivity contribution in [2.45, 2.75) is 13.8 Å². The summed E-state index contributed by atoms with van der Waals surface area (Å²) >= 11 is 0. The highest BCUT2D eigenvalue weighted by Crippen LogP contribution is 2.23. The number of nitrogens with zero attached hydrogens (tertiary/aromatic N) is 2. The summed E-state index contributed by atoms with van der Waals surface area (Å²) in [6.45, 7) is 4.01. The normalized spacial score (nSPS) is 10.4. The van der Waals surface area contributed by atoms with Gasteiger partial charge in [-0.1, -0.05) is 24.3 Å². The summed E-state index contributed by atoms with van der Waals surface area (Å²) in [5.74, 6) is -0.325. The first-order valence-corrected chi connectivity index (χ1v) is 7.77. The largest absolute Gasteiger partial charge is 0.338 e. The Bertz CT molecular complexity index is 889. The number of amides is 1. The highest BCUT2D eigenvalue weighted by atomic mass is 19.1. The number of anilines is 3. The lowest BCUT2D eigenvalue weighted by Crippen LogP contribution is -2.14. The van der Waals surface area contributed by atoms with Crippen LogP contribution in [-0.2, 0) is 0 Å². The molecule has 2 aromatic carbocycles. The quantitative estimate of drug-likeness (QED) is 0.748. The first-order valence-electron chi connectivity index (χ1n) is 7.77. The summed E-state index contributed by atoms with van der Waals surface area (Å²) in [4.78, 5) is 12.1. The molecular formula is C19H17FN4O. The van der Waals surface area contributed by atoms with Gasteiger partial charge in [-0.2, -0.15) is 0 Å². The van der Waals surface area contributed by atoms with E-state index in [9.17, 15) is 9.18 Å².